The Labute approximate surface area is 102 Å². The van der Waals surface area contributed by atoms with E-state index < -0.39 is 0 Å². The maximum Gasteiger partial charge on any atom is 0.0634 e. The standard InChI is InChI=1S/C11H23NOS2/c1-11(2,13-3)4-5-12-8-10-9-14-6-7-15-10/h10,12H,4-9H2,1-3H3. The van der Waals surface area contributed by atoms with Crippen LogP contribution in [0.1, 0.15) is 20.3 Å². The van der Waals surface area contributed by atoms with E-state index in [2.05, 4.69) is 42.7 Å². The van der Waals surface area contributed by atoms with Crippen LogP contribution in [-0.2, 0) is 4.74 Å². The molecule has 0 radical (unpaired) electrons. The topological polar surface area (TPSA) is 21.3 Å². The van der Waals surface area contributed by atoms with Crippen LogP contribution in [0.2, 0.25) is 0 Å². The highest BCUT2D eigenvalue weighted by Crippen LogP contribution is 2.23. The minimum atomic E-state index is 0.0153. The molecular weight excluding hydrogens is 226 g/mol. The smallest absolute Gasteiger partial charge is 0.0634 e. The van der Waals surface area contributed by atoms with Crippen molar-refractivity contribution >= 4 is 23.5 Å². The minimum absolute atomic E-state index is 0.0153. The van der Waals surface area contributed by atoms with Crippen LogP contribution in [0, 0.1) is 0 Å². The number of methoxy groups -OCH3 is 1. The fourth-order valence-corrected chi connectivity index (χ4v) is 4.06. The molecule has 0 spiro atoms. The molecule has 1 fully saturated rings. The lowest BCUT2D eigenvalue weighted by Gasteiger charge is -2.25. The van der Waals surface area contributed by atoms with E-state index in [1.54, 1.807) is 7.11 Å². The highest BCUT2D eigenvalue weighted by Gasteiger charge is 2.17. The first-order valence-electron chi connectivity index (χ1n) is 5.59. The molecule has 1 heterocycles. The first-order chi connectivity index (χ1) is 7.14. The van der Waals surface area contributed by atoms with Crippen LogP contribution in [0.15, 0.2) is 0 Å². The fraction of sp³-hybridized carbons (Fsp3) is 1.00. The van der Waals surface area contributed by atoms with Crippen molar-refractivity contribution < 1.29 is 4.74 Å². The summed E-state index contributed by atoms with van der Waals surface area (Å²) in [5.74, 6) is 3.96. The first-order valence-corrected chi connectivity index (χ1v) is 7.79. The number of thioether (sulfide) groups is 2. The van der Waals surface area contributed by atoms with Gasteiger partial charge in [0.15, 0.2) is 0 Å². The average molecular weight is 249 g/mol. The van der Waals surface area contributed by atoms with Crippen molar-refractivity contribution in [2.24, 2.45) is 0 Å². The van der Waals surface area contributed by atoms with E-state index in [0.29, 0.717) is 0 Å². The highest BCUT2D eigenvalue weighted by atomic mass is 32.2. The van der Waals surface area contributed by atoms with Crippen molar-refractivity contribution in [1.29, 1.82) is 0 Å². The molecule has 0 saturated carbocycles. The molecule has 1 unspecified atom stereocenters. The minimum Gasteiger partial charge on any atom is -0.379 e. The molecule has 1 N–H and O–H groups in total. The Morgan fingerprint density at radius 1 is 1.40 bits per heavy atom. The maximum atomic E-state index is 5.38. The second-order valence-corrected chi connectivity index (χ2v) is 7.04. The largest absolute Gasteiger partial charge is 0.379 e. The molecule has 1 aliphatic heterocycles. The zero-order valence-corrected chi connectivity index (χ0v) is 11.7. The maximum absolute atomic E-state index is 5.38. The molecule has 1 atom stereocenters. The summed E-state index contributed by atoms with van der Waals surface area (Å²) in [6, 6.07) is 0. The number of rotatable bonds is 6. The third-order valence-corrected chi connectivity index (χ3v) is 5.56. The molecule has 0 aromatic heterocycles. The molecule has 0 amide bonds. The molecule has 4 heteroatoms. The Bertz CT molecular complexity index is 170. The Morgan fingerprint density at radius 2 is 2.20 bits per heavy atom. The van der Waals surface area contributed by atoms with Crippen LogP contribution in [0.5, 0.6) is 0 Å². The zero-order chi connectivity index (χ0) is 11.1. The van der Waals surface area contributed by atoms with Gasteiger partial charge in [-0.05, 0) is 26.8 Å². The van der Waals surface area contributed by atoms with Gasteiger partial charge in [0.25, 0.3) is 0 Å². The second-order valence-electron chi connectivity index (χ2n) is 4.49. The van der Waals surface area contributed by atoms with Crippen LogP contribution >= 0.6 is 23.5 Å². The van der Waals surface area contributed by atoms with Crippen molar-refractivity contribution in [3.05, 3.63) is 0 Å². The van der Waals surface area contributed by atoms with Crippen molar-refractivity contribution in [2.75, 3.05) is 37.5 Å². The number of hydrogen-bond acceptors (Lipinski definition) is 4. The molecule has 15 heavy (non-hydrogen) atoms. The van der Waals surface area contributed by atoms with Crippen LogP contribution in [0.25, 0.3) is 0 Å². The van der Waals surface area contributed by atoms with E-state index in [9.17, 15) is 0 Å². The number of nitrogens with one attached hydrogen (secondary N) is 1. The van der Waals surface area contributed by atoms with E-state index in [1.165, 1.54) is 17.3 Å². The van der Waals surface area contributed by atoms with Crippen molar-refractivity contribution in [2.45, 2.75) is 31.1 Å². The summed E-state index contributed by atoms with van der Waals surface area (Å²) in [5.41, 5.74) is 0.0153. The summed E-state index contributed by atoms with van der Waals surface area (Å²) in [4.78, 5) is 0. The van der Waals surface area contributed by atoms with Gasteiger partial charge >= 0.3 is 0 Å². The van der Waals surface area contributed by atoms with E-state index in [0.717, 1.165) is 24.8 Å². The molecule has 1 saturated heterocycles. The number of hydrogen-bond donors (Lipinski definition) is 1. The molecule has 0 aromatic rings. The van der Waals surface area contributed by atoms with Gasteiger partial charge in [-0.15, -0.1) is 0 Å². The van der Waals surface area contributed by atoms with Gasteiger partial charge in [-0.1, -0.05) is 0 Å². The molecule has 1 rings (SSSR count). The Morgan fingerprint density at radius 3 is 2.80 bits per heavy atom. The molecule has 1 aliphatic rings. The van der Waals surface area contributed by atoms with E-state index in [4.69, 9.17) is 4.74 Å². The van der Waals surface area contributed by atoms with Gasteiger partial charge in [0.2, 0.25) is 0 Å². The van der Waals surface area contributed by atoms with Crippen molar-refractivity contribution in [3.8, 4) is 0 Å². The quantitative estimate of drug-likeness (QED) is 0.729. The summed E-state index contributed by atoms with van der Waals surface area (Å²) in [6.07, 6.45) is 1.08. The third-order valence-electron chi connectivity index (χ3n) is 2.71. The molecule has 90 valence electrons. The van der Waals surface area contributed by atoms with Crippen LogP contribution in [-0.4, -0.2) is 48.3 Å². The Hall–Kier alpha value is 0.620. The molecule has 0 aromatic carbocycles. The summed E-state index contributed by atoms with van der Waals surface area (Å²) in [5, 5.41) is 4.35. The van der Waals surface area contributed by atoms with Crippen LogP contribution in [0.3, 0.4) is 0 Å². The highest BCUT2D eigenvalue weighted by molar-refractivity contribution is 8.06. The van der Waals surface area contributed by atoms with Gasteiger partial charge in [0.1, 0.15) is 0 Å². The Kier molecular flexibility index (Phi) is 6.43. The Balaban J connectivity index is 2.00. The first kappa shape index (κ1) is 13.7. The third kappa shape index (κ3) is 6.05. The lowest BCUT2D eigenvalue weighted by atomic mass is 10.1. The second kappa shape index (κ2) is 7.05. The molecule has 0 bridgehead atoms. The monoisotopic (exact) mass is 249 g/mol. The summed E-state index contributed by atoms with van der Waals surface area (Å²) in [6.45, 7) is 6.49. The average Bonchev–Trinajstić information content (AvgIpc) is 2.26. The van der Waals surface area contributed by atoms with Gasteiger partial charge < -0.3 is 10.1 Å². The zero-order valence-electron chi connectivity index (χ0n) is 10.0. The summed E-state index contributed by atoms with van der Waals surface area (Å²) in [7, 11) is 1.79. The number of ether oxygens (including phenoxy) is 1. The predicted octanol–water partition coefficient (Wildman–Crippen LogP) is 2.24. The van der Waals surface area contributed by atoms with Crippen molar-refractivity contribution in [1.82, 2.24) is 5.32 Å². The van der Waals surface area contributed by atoms with Gasteiger partial charge in [0, 0.05) is 36.2 Å². The van der Waals surface area contributed by atoms with Gasteiger partial charge in [-0.25, -0.2) is 0 Å². The molecule has 2 nitrogen and oxygen atoms in total. The fourth-order valence-electron chi connectivity index (χ4n) is 1.41. The predicted molar refractivity (Wildman–Crippen MR) is 72.1 cm³/mol. The lowest BCUT2D eigenvalue weighted by Crippen LogP contribution is -2.33. The van der Waals surface area contributed by atoms with Crippen LogP contribution < -0.4 is 5.32 Å². The van der Waals surface area contributed by atoms with E-state index in [1.807, 2.05) is 0 Å². The van der Waals surface area contributed by atoms with Gasteiger partial charge in [-0.3, -0.25) is 0 Å². The normalized spacial score (nSPS) is 23.0. The SMILES string of the molecule is COC(C)(C)CCNCC1CSCCS1. The summed E-state index contributed by atoms with van der Waals surface area (Å²) >= 11 is 4.20. The van der Waals surface area contributed by atoms with E-state index in [-0.39, 0.29) is 5.60 Å². The molecule has 0 aliphatic carbocycles. The summed E-state index contributed by atoms with van der Waals surface area (Å²) < 4.78 is 5.38. The lowest BCUT2D eigenvalue weighted by molar-refractivity contribution is 0.0159. The van der Waals surface area contributed by atoms with Gasteiger partial charge in [0.05, 0.1) is 5.60 Å². The van der Waals surface area contributed by atoms with Gasteiger partial charge in [-0.2, -0.15) is 23.5 Å². The van der Waals surface area contributed by atoms with Crippen molar-refractivity contribution in [3.63, 3.8) is 0 Å². The molecular formula is C11H23NOS2. The van der Waals surface area contributed by atoms with Crippen LogP contribution in [0.4, 0.5) is 0 Å². The van der Waals surface area contributed by atoms with E-state index >= 15 is 0 Å².